The van der Waals surface area contributed by atoms with Crippen molar-refractivity contribution < 1.29 is 14.3 Å². The van der Waals surface area contributed by atoms with Crippen LogP contribution >= 0.6 is 33.9 Å². The Morgan fingerprint density at radius 1 is 1.07 bits per heavy atom. The number of nitrogens with zero attached hydrogens (tertiary/aromatic N) is 1. The number of cyclic esters (lactones) is 1. The van der Waals surface area contributed by atoms with Crippen LogP contribution in [0.4, 0.5) is 0 Å². The molecule has 0 fully saturated rings. The third-order valence-electron chi connectivity index (χ3n) is 3.87. The number of hydrogen-bond acceptors (Lipinski definition) is 5. The molecule has 4 nitrogen and oxygen atoms in total. The predicted octanol–water partition coefficient (Wildman–Crippen LogP) is 5.28. The molecule has 1 aromatic heterocycles. The Hall–Kier alpha value is -2.45. The van der Waals surface area contributed by atoms with Crippen molar-refractivity contribution in [1.29, 1.82) is 0 Å². The first kappa shape index (κ1) is 17.9. The standard InChI is InChI=1S/C21H14INO3S/c22-16-9-7-14(8-10-16)13-25-18-5-2-1-4-15(18)12-17-21(24)26-20(23-17)19-6-3-11-27-19/h1-12H,13H2/b17-12-. The number of esters is 1. The van der Waals surface area contributed by atoms with E-state index in [1.807, 2.05) is 66.0 Å². The Morgan fingerprint density at radius 3 is 2.67 bits per heavy atom. The minimum atomic E-state index is -0.453. The summed E-state index contributed by atoms with van der Waals surface area (Å²) in [5.41, 5.74) is 2.13. The van der Waals surface area contributed by atoms with E-state index >= 15 is 0 Å². The Bertz CT molecular complexity index is 1020. The number of para-hydroxylation sites is 1. The summed E-state index contributed by atoms with van der Waals surface area (Å²) in [4.78, 5) is 17.3. The number of halogens is 1. The maximum atomic E-state index is 12.2. The van der Waals surface area contributed by atoms with Gasteiger partial charge >= 0.3 is 5.97 Å². The fourth-order valence-electron chi connectivity index (χ4n) is 2.54. The number of carbonyl (C=O) groups is 1. The second kappa shape index (κ2) is 8.06. The van der Waals surface area contributed by atoms with Gasteiger partial charge in [-0.2, -0.15) is 0 Å². The molecule has 0 atom stereocenters. The van der Waals surface area contributed by atoms with Crippen LogP contribution in [0.15, 0.2) is 76.7 Å². The van der Waals surface area contributed by atoms with Gasteiger partial charge in [-0.1, -0.05) is 36.4 Å². The lowest BCUT2D eigenvalue weighted by atomic mass is 10.1. The van der Waals surface area contributed by atoms with Crippen LogP contribution in [0.2, 0.25) is 0 Å². The lowest BCUT2D eigenvalue weighted by Gasteiger charge is -2.09. The molecule has 0 spiro atoms. The van der Waals surface area contributed by atoms with E-state index in [0.29, 0.717) is 18.3 Å². The van der Waals surface area contributed by atoms with Gasteiger partial charge in [-0.3, -0.25) is 0 Å². The molecule has 1 aliphatic heterocycles. The van der Waals surface area contributed by atoms with Crippen LogP contribution in [0, 0.1) is 3.57 Å². The first-order valence-corrected chi connectivity index (χ1v) is 10.2. The van der Waals surface area contributed by atoms with Gasteiger partial charge in [0.25, 0.3) is 0 Å². The molecular formula is C21H14INO3S. The van der Waals surface area contributed by atoms with Crippen LogP contribution in [-0.4, -0.2) is 11.9 Å². The summed E-state index contributed by atoms with van der Waals surface area (Å²) in [6.07, 6.45) is 1.70. The lowest BCUT2D eigenvalue weighted by Crippen LogP contribution is -2.03. The maximum absolute atomic E-state index is 12.2. The molecule has 1 aliphatic rings. The zero-order valence-electron chi connectivity index (χ0n) is 14.1. The number of carbonyl (C=O) groups excluding carboxylic acids is 1. The molecule has 27 heavy (non-hydrogen) atoms. The third-order valence-corrected chi connectivity index (χ3v) is 5.45. The molecule has 0 saturated carbocycles. The summed E-state index contributed by atoms with van der Waals surface area (Å²) in [5.74, 6) is 0.584. The highest BCUT2D eigenvalue weighted by molar-refractivity contribution is 14.1. The number of thiophene rings is 1. The maximum Gasteiger partial charge on any atom is 0.363 e. The smallest absolute Gasteiger partial charge is 0.363 e. The van der Waals surface area contributed by atoms with Crippen LogP contribution in [0.1, 0.15) is 16.0 Å². The summed E-state index contributed by atoms with van der Waals surface area (Å²) in [5, 5.41) is 1.92. The predicted molar refractivity (Wildman–Crippen MR) is 115 cm³/mol. The van der Waals surface area contributed by atoms with Crippen molar-refractivity contribution in [2.45, 2.75) is 6.61 Å². The van der Waals surface area contributed by atoms with Gasteiger partial charge in [0, 0.05) is 9.13 Å². The second-order valence-corrected chi connectivity index (χ2v) is 7.96. The van der Waals surface area contributed by atoms with Gasteiger partial charge in [0.05, 0.1) is 4.88 Å². The Kier molecular flexibility index (Phi) is 5.35. The lowest BCUT2D eigenvalue weighted by molar-refractivity contribution is -0.129. The molecule has 6 heteroatoms. The van der Waals surface area contributed by atoms with E-state index in [9.17, 15) is 4.79 Å². The number of aliphatic imine (C=N–C) groups is 1. The molecule has 2 heterocycles. The molecular weight excluding hydrogens is 473 g/mol. The number of ether oxygens (including phenoxy) is 2. The molecule has 0 aliphatic carbocycles. The Morgan fingerprint density at radius 2 is 1.89 bits per heavy atom. The second-order valence-electron chi connectivity index (χ2n) is 5.77. The highest BCUT2D eigenvalue weighted by Gasteiger charge is 2.25. The monoisotopic (exact) mass is 487 g/mol. The zero-order valence-corrected chi connectivity index (χ0v) is 17.1. The van der Waals surface area contributed by atoms with Gasteiger partial charge in [-0.05, 0) is 63.9 Å². The summed E-state index contributed by atoms with van der Waals surface area (Å²) >= 11 is 3.75. The van der Waals surface area contributed by atoms with Gasteiger partial charge in [0.15, 0.2) is 5.70 Å². The fourth-order valence-corrected chi connectivity index (χ4v) is 3.54. The van der Waals surface area contributed by atoms with Gasteiger partial charge in [0.1, 0.15) is 12.4 Å². The summed E-state index contributed by atoms with van der Waals surface area (Å²) in [6.45, 7) is 0.450. The van der Waals surface area contributed by atoms with E-state index in [4.69, 9.17) is 9.47 Å². The Balaban J connectivity index is 1.56. The highest BCUT2D eigenvalue weighted by atomic mass is 127. The van der Waals surface area contributed by atoms with Crippen LogP contribution in [0.25, 0.3) is 6.08 Å². The molecule has 4 rings (SSSR count). The average Bonchev–Trinajstić information content (AvgIpc) is 3.33. The minimum Gasteiger partial charge on any atom is -0.488 e. The summed E-state index contributed by atoms with van der Waals surface area (Å²) in [7, 11) is 0. The molecule has 0 unspecified atom stereocenters. The number of benzene rings is 2. The van der Waals surface area contributed by atoms with Crippen LogP contribution in [-0.2, 0) is 16.1 Å². The van der Waals surface area contributed by atoms with E-state index in [-0.39, 0.29) is 5.70 Å². The van der Waals surface area contributed by atoms with Gasteiger partial charge < -0.3 is 9.47 Å². The third kappa shape index (κ3) is 4.28. The highest BCUT2D eigenvalue weighted by Crippen LogP contribution is 2.26. The van der Waals surface area contributed by atoms with E-state index in [2.05, 4.69) is 27.6 Å². The normalized spacial score (nSPS) is 14.9. The number of rotatable bonds is 5. The first-order valence-electron chi connectivity index (χ1n) is 8.22. The van der Waals surface area contributed by atoms with Crippen molar-refractivity contribution in [3.63, 3.8) is 0 Å². The van der Waals surface area contributed by atoms with Crippen LogP contribution in [0.5, 0.6) is 5.75 Å². The van der Waals surface area contributed by atoms with E-state index in [0.717, 1.165) is 16.0 Å². The van der Waals surface area contributed by atoms with E-state index < -0.39 is 5.97 Å². The summed E-state index contributed by atoms with van der Waals surface area (Å²) in [6, 6.07) is 19.5. The zero-order chi connectivity index (χ0) is 18.6. The molecule has 0 N–H and O–H groups in total. The van der Waals surface area contributed by atoms with E-state index in [1.165, 1.54) is 14.9 Å². The number of hydrogen-bond donors (Lipinski definition) is 0. The van der Waals surface area contributed by atoms with Crippen LogP contribution < -0.4 is 4.74 Å². The molecule has 2 aromatic carbocycles. The van der Waals surface area contributed by atoms with Crippen molar-refractivity contribution in [3.05, 3.63) is 91.3 Å². The van der Waals surface area contributed by atoms with Crippen molar-refractivity contribution in [2.75, 3.05) is 0 Å². The average molecular weight is 487 g/mol. The van der Waals surface area contributed by atoms with Gasteiger partial charge in [-0.25, -0.2) is 9.79 Å². The first-order chi connectivity index (χ1) is 13.2. The quantitative estimate of drug-likeness (QED) is 0.280. The largest absolute Gasteiger partial charge is 0.488 e. The van der Waals surface area contributed by atoms with Crippen molar-refractivity contribution in [3.8, 4) is 5.75 Å². The molecule has 0 radical (unpaired) electrons. The minimum absolute atomic E-state index is 0.267. The van der Waals surface area contributed by atoms with Crippen molar-refractivity contribution >= 4 is 51.9 Å². The molecule has 0 saturated heterocycles. The van der Waals surface area contributed by atoms with Gasteiger partial charge in [0.2, 0.25) is 5.90 Å². The molecule has 3 aromatic rings. The molecule has 0 bridgehead atoms. The molecule has 134 valence electrons. The SMILES string of the molecule is O=C1OC(c2cccs2)=N/C1=C\c1ccccc1OCc1ccc(I)cc1. The van der Waals surface area contributed by atoms with Crippen molar-refractivity contribution in [2.24, 2.45) is 4.99 Å². The fraction of sp³-hybridized carbons (Fsp3) is 0.0476. The summed E-state index contributed by atoms with van der Waals surface area (Å²) < 4.78 is 12.4. The van der Waals surface area contributed by atoms with Crippen molar-refractivity contribution in [1.82, 2.24) is 0 Å². The Labute approximate surface area is 174 Å². The van der Waals surface area contributed by atoms with Gasteiger partial charge in [-0.15, -0.1) is 11.3 Å². The molecule has 0 amide bonds. The van der Waals surface area contributed by atoms with Crippen LogP contribution in [0.3, 0.4) is 0 Å². The topological polar surface area (TPSA) is 47.9 Å². The van der Waals surface area contributed by atoms with E-state index in [1.54, 1.807) is 6.08 Å².